The summed E-state index contributed by atoms with van der Waals surface area (Å²) in [6.07, 6.45) is 5.30. The Morgan fingerprint density at radius 3 is 2.86 bits per heavy atom. The van der Waals surface area contributed by atoms with Crippen molar-refractivity contribution in [2.45, 2.75) is 12.8 Å². The molecule has 1 aromatic rings. The van der Waals surface area contributed by atoms with Crippen LogP contribution in [0.5, 0.6) is 0 Å². The molecule has 1 heterocycles. The number of hydrogen-bond donors (Lipinski definition) is 2. The van der Waals surface area contributed by atoms with Gasteiger partial charge < -0.3 is 10.4 Å². The van der Waals surface area contributed by atoms with Crippen LogP contribution in [-0.2, 0) is 0 Å². The molecule has 0 radical (unpaired) electrons. The predicted molar refractivity (Wildman–Crippen MR) is 50.2 cm³/mol. The van der Waals surface area contributed by atoms with Crippen LogP contribution in [0.1, 0.15) is 23.3 Å². The Bertz CT molecular complexity index is 350. The van der Waals surface area contributed by atoms with Gasteiger partial charge in [-0.2, -0.15) is 0 Å². The highest BCUT2D eigenvalue weighted by molar-refractivity contribution is 5.90. The van der Waals surface area contributed by atoms with Crippen LogP contribution in [0.3, 0.4) is 0 Å². The minimum Gasteiger partial charge on any atom is -0.476 e. The van der Waals surface area contributed by atoms with Crippen molar-refractivity contribution in [1.82, 2.24) is 9.97 Å². The van der Waals surface area contributed by atoms with Gasteiger partial charge in [-0.1, -0.05) is 0 Å². The summed E-state index contributed by atoms with van der Waals surface area (Å²) in [5, 5.41) is 11.8. The molecule has 5 nitrogen and oxygen atoms in total. The lowest BCUT2D eigenvalue weighted by atomic mass is 10.3. The number of carboxylic acid groups (broad SMARTS) is 1. The number of aromatic nitrogens is 2. The number of nitrogens with zero attached hydrogens (tertiary/aromatic N) is 2. The minimum absolute atomic E-state index is 0.00634. The van der Waals surface area contributed by atoms with Gasteiger partial charge in [-0.25, -0.2) is 14.8 Å². The summed E-state index contributed by atoms with van der Waals surface area (Å²) in [4.78, 5) is 18.4. The van der Waals surface area contributed by atoms with Crippen LogP contribution < -0.4 is 5.32 Å². The van der Waals surface area contributed by atoms with Crippen molar-refractivity contribution in [3.63, 3.8) is 0 Å². The lowest BCUT2D eigenvalue weighted by Gasteiger charge is -2.05. The average Bonchev–Trinajstić information content (AvgIpc) is 2.98. The normalized spacial score (nSPS) is 15.1. The van der Waals surface area contributed by atoms with Gasteiger partial charge in [0.1, 0.15) is 0 Å². The molecule has 14 heavy (non-hydrogen) atoms. The molecule has 74 valence electrons. The molecule has 2 rings (SSSR count). The third-order valence-electron chi connectivity index (χ3n) is 2.16. The molecule has 1 aliphatic rings. The fraction of sp³-hybridized carbons (Fsp3) is 0.444. The van der Waals surface area contributed by atoms with Crippen LogP contribution in [0.2, 0.25) is 0 Å². The van der Waals surface area contributed by atoms with Crippen molar-refractivity contribution in [1.29, 1.82) is 0 Å². The highest BCUT2D eigenvalue weighted by Crippen LogP contribution is 2.28. The van der Waals surface area contributed by atoms with Gasteiger partial charge in [-0.3, -0.25) is 0 Å². The van der Waals surface area contributed by atoms with E-state index in [1.165, 1.54) is 25.2 Å². The second-order valence-corrected chi connectivity index (χ2v) is 3.38. The maximum absolute atomic E-state index is 10.7. The number of carboxylic acids is 1. The summed E-state index contributed by atoms with van der Waals surface area (Å²) < 4.78 is 0. The van der Waals surface area contributed by atoms with E-state index in [1.54, 1.807) is 0 Å². The summed E-state index contributed by atoms with van der Waals surface area (Å²) >= 11 is 0. The molecule has 2 N–H and O–H groups in total. The van der Waals surface area contributed by atoms with Crippen LogP contribution in [0.25, 0.3) is 0 Å². The van der Waals surface area contributed by atoms with Gasteiger partial charge in [0.25, 0.3) is 0 Å². The van der Waals surface area contributed by atoms with Crippen molar-refractivity contribution in [3.05, 3.63) is 18.1 Å². The summed E-state index contributed by atoms with van der Waals surface area (Å²) in [6.45, 7) is 0.791. The Hall–Kier alpha value is -1.65. The Labute approximate surface area is 81.2 Å². The zero-order valence-electron chi connectivity index (χ0n) is 7.60. The third kappa shape index (κ3) is 1.99. The lowest BCUT2D eigenvalue weighted by Crippen LogP contribution is -2.11. The first-order valence-electron chi connectivity index (χ1n) is 4.55. The fourth-order valence-electron chi connectivity index (χ4n) is 1.19. The van der Waals surface area contributed by atoms with E-state index < -0.39 is 5.97 Å². The highest BCUT2D eigenvalue weighted by Gasteiger charge is 2.22. The second-order valence-electron chi connectivity index (χ2n) is 3.38. The zero-order valence-corrected chi connectivity index (χ0v) is 7.60. The standard InChI is InChI=1S/C9H11N3O2/c13-9(14)7-8(11-4-3-10-7)12-5-6-1-2-6/h3-4,6H,1-2,5H2,(H,11,12)(H,13,14). The molecule has 1 aromatic heterocycles. The Morgan fingerprint density at radius 2 is 2.21 bits per heavy atom. The van der Waals surface area contributed by atoms with E-state index in [0.29, 0.717) is 11.7 Å². The van der Waals surface area contributed by atoms with Crippen LogP contribution in [0.4, 0.5) is 5.82 Å². The van der Waals surface area contributed by atoms with E-state index in [4.69, 9.17) is 5.11 Å². The Balaban J connectivity index is 2.09. The molecule has 0 saturated heterocycles. The molecule has 0 unspecified atom stereocenters. The molecular formula is C9H11N3O2. The molecule has 0 spiro atoms. The molecule has 0 bridgehead atoms. The zero-order chi connectivity index (χ0) is 9.97. The van der Waals surface area contributed by atoms with Crippen molar-refractivity contribution >= 4 is 11.8 Å². The van der Waals surface area contributed by atoms with E-state index in [1.807, 2.05) is 0 Å². The van der Waals surface area contributed by atoms with Crippen molar-refractivity contribution < 1.29 is 9.90 Å². The lowest BCUT2D eigenvalue weighted by molar-refractivity contribution is 0.0691. The van der Waals surface area contributed by atoms with Gasteiger partial charge in [0.15, 0.2) is 11.5 Å². The summed E-state index contributed by atoms with van der Waals surface area (Å²) in [6, 6.07) is 0. The van der Waals surface area contributed by atoms with Gasteiger partial charge in [-0.05, 0) is 18.8 Å². The van der Waals surface area contributed by atoms with Gasteiger partial charge in [0.05, 0.1) is 0 Å². The maximum Gasteiger partial charge on any atom is 0.358 e. The molecule has 0 atom stereocenters. The quantitative estimate of drug-likeness (QED) is 0.746. The minimum atomic E-state index is -1.05. The van der Waals surface area contributed by atoms with Gasteiger partial charge in [0.2, 0.25) is 0 Å². The average molecular weight is 193 g/mol. The van der Waals surface area contributed by atoms with E-state index >= 15 is 0 Å². The number of rotatable bonds is 4. The summed E-state index contributed by atoms with van der Waals surface area (Å²) in [5.74, 6) is 0.00180. The van der Waals surface area contributed by atoms with Crippen molar-refractivity contribution in [3.8, 4) is 0 Å². The van der Waals surface area contributed by atoms with E-state index in [9.17, 15) is 4.79 Å². The molecule has 0 aromatic carbocycles. The van der Waals surface area contributed by atoms with Crippen LogP contribution in [0, 0.1) is 5.92 Å². The van der Waals surface area contributed by atoms with Crippen molar-refractivity contribution in [2.75, 3.05) is 11.9 Å². The second kappa shape index (κ2) is 3.61. The Morgan fingerprint density at radius 1 is 1.50 bits per heavy atom. The van der Waals surface area contributed by atoms with Gasteiger partial charge in [-0.15, -0.1) is 0 Å². The number of carbonyl (C=O) groups is 1. The van der Waals surface area contributed by atoms with Gasteiger partial charge >= 0.3 is 5.97 Å². The topological polar surface area (TPSA) is 75.1 Å². The smallest absolute Gasteiger partial charge is 0.358 e. The number of hydrogen-bond acceptors (Lipinski definition) is 4. The number of anilines is 1. The van der Waals surface area contributed by atoms with Crippen LogP contribution >= 0.6 is 0 Å². The summed E-state index contributed by atoms with van der Waals surface area (Å²) in [7, 11) is 0. The molecule has 1 saturated carbocycles. The van der Waals surface area contributed by atoms with Crippen LogP contribution in [0.15, 0.2) is 12.4 Å². The molecule has 0 aliphatic heterocycles. The van der Waals surface area contributed by atoms with E-state index in [2.05, 4.69) is 15.3 Å². The summed E-state index contributed by atoms with van der Waals surface area (Å²) in [5.41, 5.74) is -0.00634. The first-order valence-corrected chi connectivity index (χ1v) is 4.55. The maximum atomic E-state index is 10.7. The SMILES string of the molecule is O=C(O)c1nccnc1NCC1CC1. The first kappa shape index (κ1) is 8.93. The van der Waals surface area contributed by atoms with E-state index in [0.717, 1.165) is 6.54 Å². The van der Waals surface area contributed by atoms with Crippen LogP contribution in [-0.4, -0.2) is 27.6 Å². The number of aromatic carboxylic acids is 1. The first-order chi connectivity index (χ1) is 6.77. The van der Waals surface area contributed by atoms with E-state index in [-0.39, 0.29) is 5.69 Å². The molecule has 0 amide bonds. The monoisotopic (exact) mass is 193 g/mol. The van der Waals surface area contributed by atoms with Crippen molar-refractivity contribution in [2.24, 2.45) is 5.92 Å². The predicted octanol–water partition coefficient (Wildman–Crippen LogP) is 0.997. The highest BCUT2D eigenvalue weighted by atomic mass is 16.4. The van der Waals surface area contributed by atoms with Gasteiger partial charge in [0, 0.05) is 18.9 Å². The molecular weight excluding hydrogens is 182 g/mol. The largest absolute Gasteiger partial charge is 0.476 e. The molecule has 5 heteroatoms. The molecule has 1 aliphatic carbocycles. The third-order valence-corrected chi connectivity index (χ3v) is 2.16. The Kier molecular flexibility index (Phi) is 2.30. The number of nitrogens with one attached hydrogen (secondary N) is 1. The molecule has 1 fully saturated rings. The fourth-order valence-corrected chi connectivity index (χ4v) is 1.19.